The van der Waals surface area contributed by atoms with Crippen molar-refractivity contribution in [1.82, 2.24) is 0 Å². The van der Waals surface area contributed by atoms with Crippen LogP contribution in [0.15, 0.2) is 36.4 Å². The van der Waals surface area contributed by atoms with E-state index in [0.29, 0.717) is 16.9 Å². The third-order valence-electron chi connectivity index (χ3n) is 3.27. The van der Waals surface area contributed by atoms with Crippen LogP contribution >= 0.6 is 0 Å². The first kappa shape index (κ1) is 13.9. The zero-order valence-corrected chi connectivity index (χ0v) is 11.6. The molecule has 104 valence electrons. The summed E-state index contributed by atoms with van der Waals surface area (Å²) in [7, 11) is 0. The molecule has 0 spiro atoms. The average Bonchev–Trinajstić information content (AvgIpc) is 2.42. The van der Waals surface area contributed by atoms with Crippen molar-refractivity contribution in [3.8, 4) is 5.75 Å². The van der Waals surface area contributed by atoms with Crippen molar-refractivity contribution in [2.75, 3.05) is 11.1 Å². The monoisotopic (exact) mass is 270 g/mol. The molecule has 0 saturated carbocycles. The standard InChI is InChI=1S/C16H18N2O2/c1-3-11-7-8-12(9-14(11)17)18-16(20)13-6-4-5-10(2)15(13)19/h4-9,19H,3,17H2,1-2H3,(H,18,20). The SMILES string of the molecule is CCc1ccc(NC(=O)c2cccc(C)c2O)cc1N. The lowest BCUT2D eigenvalue weighted by atomic mass is 10.1. The number of hydrogen-bond donors (Lipinski definition) is 3. The molecule has 0 atom stereocenters. The van der Waals surface area contributed by atoms with Crippen molar-refractivity contribution in [2.24, 2.45) is 0 Å². The number of amides is 1. The van der Waals surface area contributed by atoms with Crippen LogP contribution in [0, 0.1) is 6.92 Å². The van der Waals surface area contributed by atoms with E-state index in [1.54, 1.807) is 37.3 Å². The molecule has 2 aromatic rings. The number of nitrogens with one attached hydrogen (secondary N) is 1. The molecule has 0 aliphatic rings. The lowest BCUT2D eigenvalue weighted by Gasteiger charge is -2.10. The summed E-state index contributed by atoms with van der Waals surface area (Å²) >= 11 is 0. The highest BCUT2D eigenvalue weighted by Crippen LogP contribution is 2.24. The molecule has 0 aliphatic carbocycles. The molecule has 2 aromatic carbocycles. The molecule has 4 heteroatoms. The van der Waals surface area contributed by atoms with E-state index in [9.17, 15) is 9.90 Å². The van der Waals surface area contributed by atoms with Gasteiger partial charge in [-0.15, -0.1) is 0 Å². The van der Waals surface area contributed by atoms with E-state index in [-0.39, 0.29) is 17.2 Å². The number of carbonyl (C=O) groups is 1. The fourth-order valence-electron chi connectivity index (χ4n) is 2.04. The Kier molecular flexibility index (Phi) is 3.94. The van der Waals surface area contributed by atoms with Gasteiger partial charge in [0.1, 0.15) is 5.75 Å². The van der Waals surface area contributed by atoms with Gasteiger partial charge < -0.3 is 16.2 Å². The number of carbonyl (C=O) groups excluding carboxylic acids is 1. The number of nitrogen functional groups attached to an aromatic ring is 1. The average molecular weight is 270 g/mol. The van der Waals surface area contributed by atoms with Gasteiger partial charge in [-0.25, -0.2) is 0 Å². The minimum absolute atomic E-state index is 0.00292. The molecular weight excluding hydrogens is 252 g/mol. The molecule has 0 unspecified atom stereocenters. The first-order valence-corrected chi connectivity index (χ1v) is 6.51. The molecular formula is C16H18N2O2. The van der Waals surface area contributed by atoms with Crippen LogP contribution in [-0.2, 0) is 6.42 Å². The Morgan fingerprint density at radius 3 is 2.70 bits per heavy atom. The second kappa shape index (κ2) is 5.65. The van der Waals surface area contributed by atoms with Crippen molar-refractivity contribution in [3.05, 3.63) is 53.1 Å². The van der Waals surface area contributed by atoms with Crippen molar-refractivity contribution < 1.29 is 9.90 Å². The van der Waals surface area contributed by atoms with Gasteiger partial charge in [0.05, 0.1) is 5.56 Å². The summed E-state index contributed by atoms with van der Waals surface area (Å²) in [5.74, 6) is -0.349. The third-order valence-corrected chi connectivity index (χ3v) is 3.27. The van der Waals surface area contributed by atoms with Crippen LogP contribution in [0.5, 0.6) is 5.75 Å². The smallest absolute Gasteiger partial charge is 0.259 e. The molecule has 0 bridgehead atoms. The highest BCUT2D eigenvalue weighted by molar-refractivity contribution is 6.06. The van der Waals surface area contributed by atoms with Gasteiger partial charge in [-0.2, -0.15) is 0 Å². The van der Waals surface area contributed by atoms with Crippen LogP contribution in [-0.4, -0.2) is 11.0 Å². The molecule has 20 heavy (non-hydrogen) atoms. The first-order valence-electron chi connectivity index (χ1n) is 6.51. The number of para-hydroxylation sites is 1. The molecule has 2 rings (SSSR count). The first-order chi connectivity index (χ1) is 9.52. The van der Waals surface area contributed by atoms with Gasteiger partial charge in [0.2, 0.25) is 0 Å². The zero-order chi connectivity index (χ0) is 14.7. The van der Waals surface area contributed by atoms with Crippen molar-refractivity contribution in [1.29, 1.82) is 0 Å². The van der Waals surface area contributed by atoms with Crippen molar-refractivity contribution >= 4 is 17.3 Å². The number of phenols is 1. The third kappa shape index (κ3) is 2.74. The molecule has 0 aromatic heterocycles. The maximum Gasteiger partial charge on any atom is 0.259 e. The highest BCUT2D eigenvalue weighted by atomic mass is 16.3. The molecule has 1 amide bonds. The van der Waals surface area contributed by atoms with Crippen LogP contribution in [0.2, 0.25) is 0 Å². The van der Waals surface area contributed by atoms with Crippen molar-refractivity contribution in [2.45, 2.75) is 20.3 Å². The zero-order valence-electron chi connectivity index (χ0n) is 11.6. The number of aryl methyl sites for hydroxylation is 2. The summed E-state index contributed by atoms with van der Waals surface area (Å²) in [5, 5.41) is 12.6. The summed E-state index contributed by atoms with van der Waals surface area (Å²) in [5.41, 5.74) is 9.13. The lowest BCUT2D eigenvalue weighted by molar-refractivity contribution is 0.102. The molecule has 0 fully saturated rings. The molecule has 0 heterocycles. The van der Waals surface area contributed by atoms with E-state index < -0.39 is 0 Å². The summed E-state index contributed by atoms with van der Waals surface area (Å²) in [6.07, 6.45) is 0.846. The van der Waals surface area contributed by atoms with Crippen molar-refractivity contribution in [3.63, 3.8) is 0 Å². The molecule has 0 saturated heterocycles. The van der Waals surface area contributed by atoms with Gasteiger partial charge in [-0.05, 0) is 42.7 Å². The Balaban J connectivity index is 2.24. The number of nitrogens with two attached hydrogens (primary N) is 1. The largest absolute Gasteiger partial charge is 0.507 e. The van der Waals surface area contributed by atoms with Crippen LogP contribution in [0.4, 0.5) is 11.4 Å². The van der Waals surface area contributed by atoms with E-state index in [2.05, 4.69) is 5.32 Å². The predicted octanol–water partition coefficient (Wildman–Crippen LogP) is 3.10. The van der Waals surface area contributed by atoms with Crippen LogP contribution in [0.1, 0.15) is 28.4 Å². The number of phenolic OH excluding ortho intramolecular Hbond substituents is 1. The number of anilines is 2. The quantitative estimate of drug-likeness (QED) is 0.750. The highest BCUT2D eigenvalue weighted by Gasteiger charge is 2.12. The molecule has 4 N–H and O–H groups in total. The van der Waals surface area contributed by atoms with Gasteiger partial charge in [0.15, 0.2) is 0 Å². The topological polar surface area (TPSA) is 75.3 Å². The molecule has 4 nitrogen and oxygen atoms in total. The van der Waals surface area contributed by atoms with Gasteiger partial charge in [0, 0.05) is 11.4 Å². The predicted molar refractivity (Wildman–Crippen MR) is 81.0 cm³/mol. The Hall–Kier alpha value is -2.49. The van der Waals surface area contributed by atoms with Gasteiger partial charge in [-0.3, -0.25) is 4.79 Å². The van der Waals surface area contributed by atoms with Crippen LogP contribution in [0.25, 0.3) is 0 Å². The number of aromatic hydroxyl groups is 1. The minimum atomic E-state index is -0.352. The van der Waals surface area contributed by atoms with Crippen LogP contribution in [0.3, 0.4) is 0 Å². The normalized spacial score (nSPS) is 10.3. The van der Waals surface area contributed by atoms with E-state index >= 15 is 0 Å². The molecule has 0 radical (unpaired) electrons. The summed E-state index contributed by atoms with van der Waals surface area (Å²) in [6.45, 7) is 3.77. The second-order valence-electron chi connectivity index (χ2n) is 4.69. The minimum Gasteiger partial charge on any atom is -0.507 e. The number of benzene rings is 2. The van der Waals surface area contributed by atoms with Gasteiger partial charge in [-0.1, -0.05) is 25.1 Å². The number of hydrogen-bond acceptors (Lipinski definition) is 3. The summed E-state index contributed by atoms with van der Waals surface area (Å²) < 4.78 is 0. The van der Waals surface area contributed by atoms with Gasteiger partial charge in [0.25, 0.3) is 5.91 Å². The maximum atomic E-state index is 12.1. The van der Waals surface area contributed by atoms with Crippen LogP contribution < -0.4 is 11.1 Å². The van der Waals surface area contributed by atoms with E-state index in [4.69, 9.17) is 5.73 Å². The fourth-order valence-corrected chi connectivity index (χ4v) is 2.04. The summed E-state index contributed by atoms with van der Waals surface area (Å²) in [4.78, 5) is 12.1. The Morgan fingerprint density at radius 2 is 2.05 bits per heavy atom. The van der Waals surface area contributed by atoms with E-state index in [1.807, 2.05) is 13.0 Å². The van der Waals surface area contributed by atoms with Gasteiger partial charge >= 0.3 is 0 Å². The van der Waals surface area contributed by atoms with E-state index in [0.717, 1.165) is 12.0 Å². The van der Waals surface area contributed by atoms with E-state index in [1.165, 1.54) is 0 Å². The Morgan fingerprint density at radius 1 is 1.30 bits per heavy atom. The summed E-state index contributed by atoms with van der Waals surface area (Å²) in [6, 6.07) is 10.5. The number of rotatable bonds is 3. The maximum absolute atomic E-state index is 12.1. The second-order valence-corrected chi connectivity index (χ2v) is 4.69. The molecule has 0 aliphatic heterocycles. The lowest BCUT2D eigenvalue weighted by Crippen LogP contribution is -2.12. The Labute approximate surface area is 118 Å². The Bertz CT molecular complexity index is 651. The fraction of sp³-hybridized carbons (Fsp3) is 0.188.